The lowest BCUT2D eigenvalue weighted by atomic mass is 9.99. The summed E-state index contributed by atoms with van der Waals surface area (Å²) < 4.78 is 0.430. The van der Waals surface area contributed by atoms with Crippen molar-refractivity contribution in [2.45, 2.75) is 132 Å². The summed E-state index contributed by atoms with van der Waals surface area (Å²) in [6.45, 7) is 0.0248. The largest absolute Gasteiger partial charge is 0.507 e. The highest BCUT2D eigenvalue weighted by molar-refractivity contribution is 14.1. The molecule has 0 saturated carbocycles. The summed E-state index contributed by atoms with van der Waals surface area (Å²) in [7, 11) is 0. The van der Waals surface area contributed by atoms with Crippen molar-refractivity contribution >= 4 is 105 Å². The first-order valence-electron chi connectivity index (χ1n) is 31.9. The number of likely N-dealkylation sites (tertiary alicyclic amines) is 1. The Morgan fingerprint density at radius 2 is 0.990 bits per heavy atom. The Kier molecular flexibility index (Phi) is 30.2. The van der Waals surface area contributed by atoms with Crippen LogP contribution in [0.15, 0.2) is 133 Å². The number of ketones is 1. The number of nitrogens with two attached hydrogens (primary N) is 5. The van der Waals surface area contributed by atoms with E-state index in [0.29, 0.717) is 37.0 Å². The Bertz CT molecular complexity index is 3700. The Morgan fingerprint density at radius 1 is 0.515 bits per heavy atom. The summed E-state index contributed by atoms with van der Waals surface area (Å²) in [5.41, 5.74) is 31.7. The summed E-state index contributed by atoms with van der Waals surface area (Å²) in [6, 6.07) is 24.9. The maximum atomic E-state index is 14.9. The van der Waals surface area contributed by atoms with E-state index in [1.165, 1.54) is 17.0 Å². The highest BCUT2D eigenvalue weighted by Crippen LogP contribution is 2.23. The fourth-order valence-corrected chi connectivity index (χ4v) is 11.4. The van der Waals surface area contributed by atoms with Gasteiger partial charge in [0.05, 0.1) is 22.5 Å². The number of amides is 11. The summed E-state index contributed by atoms with van der Waals surface area (Å²) in [5, 5.41) is 48.7. The molecule has 6 rings (SSSR count). The lowest BCUT2D eigenvalue weighted by molar-refractivity contribution is -0.143. The Balaban J connectivity index is 1.20. The van der Waals surface area contributed by atoms with Gasteiger partial charge in [-0.3, -0.25) is 73.7 Å². The second-order valence-electron chi connectivity index (χ2n) is 23.7. The molecule has 5 aromatic carbocycles. The molecule has 1 aliphatic heterocycles. The Hall–Kier alpha value is -10.8. The molecule has 526 valence electrons. The molecule has 31 heteroatoms. The molecule has 30 nitrogen and oxygen atoms in total. The fourth-order valence-electron chi connectivity index (χ4n) is 10.8. The van der Waals surface area contributed by atoms with Gasteiger partial charge in [0.1, 0.15) is 48.0 Å². The van der Waals surface area contributed by atoms with Crippen molar-refractivity contribution in [1.29, 1.82) is 10.8 Å². The van der Waals surface area contributed by atoms with E-state index in [1.807, 2.05) is 22.6 Å². The van der Waals surface area contributed by atoms with Crippen LogP contribution in [0.1, 0.15) is 96.0 Å². The molecule has 0 aromatic heterocycles. The van der Waals surface area contributed by atoms with Crippen LogP contribution >= 0.6 is 22.6 Å². The van der Waals surface area contributed by atoms with Crippen LogP contribution in [-0.2, 0) is 78.4 Å². The van der Waals surface area contributed by atoms with Crippen LogP contribution in [-0.4, -0.2) is 161 Å². The molecule has 0 aliphatic carbocycles. The van der Waals surface area contributed by atoms with Crippen LogP contribution in [0.5, 0.6) is 5.75 Å². The van der Waals surface area contributed by atoms with Gasteiger partial charge in [-0.05, 0) is 108 Å². The third-order valence-corrected chi connectivity index (χ3v) is 16.8. The van der Waals surface area contributed by atoms with Crippen LogP contribution in [0.25, 0.3) is 0 Å². The molecule has 22 N–H and O–H groups in total. The molecule has 11 amide bonds. The number of hydrogen-bond donors (Lipinski definition) is 17. The lowest BCUT2D eigenvalue weighted by Crippen LogP contribution is -2.60. The molecule has 0 unspecified atom stereocenters. The third kappa shape index (κ3) is 25.6. The number of nitrogens with one attached hydrogen (secondary N) is 11. The smallest absolute Gasteiger partial charge is 0.249 e. The number of carbonyl (C=O) groups is 12. The van der Waals surface area contributed by atoms with E-state index in [0.717, 1.165) is 0 Å². The number of rotatable bonds is 37. The van der Waals surface area contributed by atoms with Crippen molar-refractivity contribution in [3.05, 3.63) is 170 Å². The zero-order valence-corrected chi connectivity index (χ0v) is 56.3. The summed E-state index contributed by atoms with van der Waals surface area (Å²) in [4.78, 5) is 168. The van der Waals surface area contributed by atoms with Gasteiger partial charge in [0.25, 0.3) is 0 Å². The van der Waals surface area contributed by atoms with E-state index >= 15 is 0 Å². The zero-order valence-electron chi connectivity index (χ0n) is 54.2. The zero-order chi connectivity index (χ0) is 72.1. The number of aromatic hydroxyl groups is 1. The number of imide groups is 1. The molecule has 0 radical (unpaired) electrons. The maximum Gasteiger partial charge on any atom is 0.249 e. The van der Waals surface area contributed by atoms with Crippen LogP contribution in [0, 0.1) is 14.4 Å². The van der Waals surface area contributed by atoms with Crippen molar-refractivity contribution in [3.8, 4) is 5.75 Å². The van der Waals surface area contributed by atoms with Gasteiger partial charge >= 0.3 is 0 Å². The third-order valence-electron chi connectivity index (χ3n) is 15.9. The Labute approximate surface area is 584 Å². The van der Waals surface area contributed by atoms with E-state index < -0.39 is 139 Å². The first kappa shape index (κ1) is 77.2. The molecule has 8 atom stereocenters. The molecule has 99 heavy (non-hydrogen) atoms. The predicted octanol–water partition coefficient (Wildman–Crippen LogP) is -0.964. The van der Waals surface area contributed by atoms with Gasteiger partial charge in [-0.1, -0.05) is 121 Å². The molecule has 5 aromatic rings. The monoisotopic (exact) mass is 1470 g/mol. The number of primary amides is 2. The normalized spacial score (nSPS) is 14.5. The van der Waals surface area contributed by atoms with E-state index in [2.05, 4.69) is 47.9 Å². The van der Waals surface area contributed by atoms with Crippen molar-refractivity contribution in [2.75, 3.05) is 19.6 Å². The van der Waals surface area contributed by atoms with E-state index in [4.69, 9.17) is 39.5 Å². The number of guanidine groups is 2. The van der Waals surface area contributed by atoms with E-state index in [-0.39, 0.29) is 101 Å². The van der Waals surface area contributed by atoms with E-state index in [9.17, 15) is 62.6 Å². The molecule has 0 spiro atoms. The fraction of sp³-hybridized carbons (Fsp3) is 0.353. The van der Waals surface area contributed by atoms with Crippen molar-refractivity contribution in [3.63, 3.8) is 0 Å². The van der Waals surface area contributed by atoms with Gasteiger partial charge < -0.3 is 81.2 Å². The minimum absolute atomic E-state index is 0.00718. The van der Waals surface area contributed by atoms with Gasteiger partial charge in [0, 0.05) is 50.0 Å². The summed E-state index contributed by atoms with van der Waals surface area (Å²) in [5.74, 6) is -11.1. The van der Waals surface area contributed by atoms with Crippen LogP contribution in [0.3, 0.4) is 0 Å². The number of benzene rings is 5. The van der Waals surface area contributed by atoms with Crippen LogP contribution in [0.2, 0.25) is 0 Å². The molecular formula is C68H84IN17O13. The van der Waals surface area contributed by atoms with Gasteiger partial charge in [0.2, 0.25) is 65.0 Å². The quantitative estimate of drug-likeness (QED) is 0.00748. The second-order valence-corrected chi connectivity index (χ2v) is 24.8. The highest BCUT2D eigenvalue weighted by atomic mass is 127. The summed E-state index contributed by atoms with van der Waals surface area (Å²) in [6.07, 6.45) is -2.16. The average molecular weight is 1470 g/mol. The molecule has 1 heterocycles. The number of phenolic OH excluding ortho intramolecular Hbond substituents is 1. The van der Waals surface area contributed by atoms with Gasteiger partial charge in [0.15, 0.2) is 17.7 Å². The first-order chi connectivity index (χ1) is 47.2. The minimum Gasteiger partial charge on any atom is -0.507 e. The van der Waals surface area contributed by atoms with Gasteiger partial charge in [-0.25, -0.2) is 0 Å². The lowest BCUT2D eigenvalue weighted by Gasteiger charge is -2.31. The number of carbonyl (C=O) groups excluding carboxylic acids is 12. The molecular weight excluding hydrogens is 1390 g/mol. The van der Waals surface area contributed by atoms with Crippen molar-refractivity contribution < 1.29 is 62.6 Å². The molecule has 1 saturated heterocycles. The first-order valence-corrected chi connectivity index (χ1v) is 33.0. The topological polar surface area (TPSA) is 514 Å². The standard InChI is InChI=1S/C68H84IN17O13/c69-45-33-42(24-28-54(45)87)36-51(64(97)85-57(90)37-40-15-6-2-7-16-40)83-60(93)47(19-10-30-77-67(73)74)80-65(98)53-21-12-32-86(53)66(99)49(20-11-31-78-68(75)76)81-63(96)52(38-56(72)89)84-61(94)48(27-29-55(71)88)79-62(95)50(35-39-13-4-1-5-14-39)82-59(92)46(70)34-41-22-25-44(26-23-41)58(91)43-17-8-3-9-18-43/h1-9,13-18,22-26,28,33,46-53,87H,10-12,19-21,27,29-32,34-38,70H2,(H2,71,88)(H2,72,89)(H,79,95)(H,80,98)(H,81,96)(H,82,92)(H,83,93)(H,84,94)(H4,73,74,77)(H4,75,76,78)(H,85,90,97)/t46-,47-,48-,49-,50-,51-,52-,53-/m0/s1. The number of halogens is 1. The van der Waals surface area contributed by atoms with Crippen LogP contribution in [0.4, 0.5) is 0 Å². The minimum atomic E-state index is -1.86. The van der Waals surface area contributed by atoms with Crippen molar-refractivity contribution in [1.82, 2.24) is 52.8 Å². The maximum absolute atomic E-state index is 14.9. The molecule has 0 bridgehead atoms. The Morgan fingerprint density at radius 3 is 1.58 bits per heavy atom. The SMILES string of the molecule is N=C(N)NCCC[C@H](NC(=O)[C@@H]1CCCN1C(=O)[C@H](CCCNC(=N)N)NC(=O)[C@H](CC(N)=O)NC(=O)[C@H](CCC(N)=O)NC(=O)[C@H](Cc1ccccc1)NC(=O)[C@@H](N)Cc1ccc(C(=O)c2ccccc2)cc1)C(=O)N[C@@H](Cc1ccc(O)c(I)c1)C(=O)NC(=O)Cc1ccccc1. The second kappa shape index (κ2) is 38.8. The van der Waals surface area contributed by atoms with Gasteiger partial charge in [-0.2, -0.15) is 0 Å². The van der Waals surface area contributed by atoms with E-state index in [1.54, 1.807) is 121 Å². The summed E-state index contributed by atoms with van der Waals surface area (Å²) >= 11 is 1.89. The molecule has 1 aliphatic rings. The van der Waals surface area contributed by atoms with Crippen molar-refractivity contribution in [2.24, 2.45) is 28.7 Å². The number of hydrogen-bond acceptors (Lipinski definition) is 16. The van der Waals surface area contributed by atoms with Gasteiger partial charge in [-0.15, -0.1) is 0 Å². The van der Waals surface area contributed by atoms with Crippen LogP contribution < -0.4 is 76.5 Å². The average Bonchev–Trinajstić information content (AvgIpc) is 1.77. The highest BCUT2D eigenvalue weighted by Gasteiger charge is 2.41. The number of nitrogens with zero attached hydrogens (tertiary/aromatic N) is 1. The predicted molar refractivity (Wildman–Crippen MR) is 373 cm³/mol. The number of phenols is 1. The molecule has 1 fully saturated rings.